The Morgan fingerprint density at radius 3 is 2.87 bits per heavy atom. The molecule has 0 saturated carbocycles. The quantitative estimate of drug-likeness (QED) is 0.594. The maximum atomic E-state index is 12.1. The molecule has 1 nitrogen and oxygen atoms in total. The van der Waals surface area contributed by atoms with Crippen LogP contribution in [0.5, 0.6) is 0 Å². The van der Waals surface area contributed by atoms with Crippen molar-refractivity contribution >= 4 is 11.8 Å². The van der Waals surface area contributed by atoms with Crippen LogP contribution in [-0.2, 0) is 6.54 Å². The Hall–Kier alpha value is -0.610. The molecule has 0 saturated heterocycles. The highest BCUT2D eigenvalue weighted by Gasteiger charge is 2.05. The average molecular weight is 231 g/mol. The van der Waals surface area contributed by atoms with Crippen LogP contribution in [0.3, 0.4) is 0 Å². The van der Waals surface area contributed by atoms with Crippen LogP contribution in [-0.4, -0.2) is 12.3 Å². The van der Waals surface area contributed by atoms with Crippen molar-refractivity contribution in [2.45, 2.75) is 30.5 Å². The minimum atomic E-state index is -2.34. The highest BCUT2D eigenvalue weighted by atomic mass is 32.2. The zero-order valence-electron chi connectivity index (χ0n) is 8.67. The smallest absolute Gasteiger partial charge is 0.288 e. The van der Waals surface area contributed by atoms with Gasteiger partial charge in [0.1, 0.15) is 0 Å². The van der Waals surface area contributed by atoms with E-state index in [0.29, 0.717) is 16.7 Å². The third kappa shape index (κ3) is 5.14. The summed E-state index contributed by atoms with van der Waals surface area (Å²) >= 11 is 0.591. The molecule has 4 heteroatoms. The fourth-order valence-electron chi connectivity index (χ4n) is 1.24. The molecule has 0 bridgehead atoms. The molecule has 0 unspecified atom stereocenters. The standard InChI is InChI=1S/C11H15F2NS/c1-2-6-14-8-9-4-3-5-10(7-9)15-11(12)13/h3-5,7,11,14H,2,6,8H2,1H3. The van der Waals surface area contributed by atoms with Crippen molar-refractivity contribution in [3.8, 4) is 0 Å². The van der Waals surface area contributed by atoms with E-state index in [9.17, 15) is 8.78 Å². The fourth-order valence-corrected chi connectivity index (χ4v) is 1.82. The van der Waals surface area contributed by atoms with Crippen LogP contribution in [0.4, 0.5) is 8.78 Å². The summed E-state index contributed by atoms with van der Waals surface area (Å²) in [6, 6.07) is 7.27. The van der Waals surface area contributed by atoms with Crippen molar-refractivity contribution in [2.24, 2.45) is 0 Å². The maximum Gasteiger partial charge on any atom is 0.288 e. The molecule has 1 aromatic rings. The van der Waals surface area contributed by atoms with Gasteiger partial charge in [-0.2, -0.15) is 8.78 Å². The number of hydrogen-bond donors (Lipinski definition) is 1. The monoisotopic (exact) mass is 231 g/mol. The Bertz CT molecular complexity index is 292. The Balaban J connectivity index is 2.50. The molecule has 0 fully saturated rings. The molecular weight excluding hydrogens is 216 g/mol. The molecule has 0 aliphatic carbocycles. The average Bonchev–Trinajstić information content (AvgIpc) is 2.18. The summed E-state index contributed by atoms with van der Waals surface area (Å²) in [6.07, 6.45) is 1.07. The highest BCUT2D eigenvalue weighted by molar-refractivity contribution is 7.99. The molecule has 15 heavy (non-hydrogen) atoms. The minimum absolute atomic E-state index is 0.591. The summed E-state index contributed by atoms with van der Waals surface area (Å²) in [6.45, 7) is 3.79. The van der Waals surface area contributed by atoms with Gasteiger partial charge in [-0.3, -0.25) is 0 Å². The molecule has 1 aromatic carbocycles. The summed E-state index contributed by atoms with van der Waals surface area (Å²) in [5.41, 5.74) is 1.05. The maximum absolute atomic E-state index is 12.1. The topological polar surface area (TPSA) is 12.0 Å². The first-order valence-corrected chi connectivity index (χ1v) is 5.85. The third-order valence-electron chi connectivity index (χ3n) is 1.88. The molecule has 1 rings (SSSR count). The lowest BCUT2D eigenvalue weighted by Gasteiger charge is -2.05. The second kappa shape index (κ2) is 6.80. The van der Waals surface area contributed by atoms with Crippen LogP contribution >= 0.6 is 11.8 Å². The van der Waals surface area contributed by atoms with Gasteiger partial charge in [-0.15, -0.1) is 0 Å². The number of thioether (sulfide) groups is 1. The molecule has 84 valence electrons. The minimum Gasteiger partial charge on any atom is -0.313 e. The van der Waals surface area contributed by atoms with E-state index in [0.717, 1.165) is 25.1 Å². The van der Waals surface area contributed by atoms with Crippen molar-refractivity contribution in [1.82, 2.24) is 5.32 Å². The van der Waals surface area contributed by atoms with E-state index in [4.69, 9.17) is 0 Å². The second-order valence-electron chi connectivity index (χ2n) is 3.20. The van der Waals surface area contributed by atoms with Crippen molar-refractivity contribution < 1.29 is 8.78 Å². The molecule has 0 aromatic heterocycles. The fraction of sp³-hybridized carbons (Fsp3) is 0.455. The van der Waals surface area contributed by atoms with E-state index in [1.54, 1.807) is 12.1 Å². The highest BCUT2D eigenvalue weighted by Crippen LogP contribution is 2.25. The number of alkyl halides is 2. The number of rotatable bonds is 6. The molecule has 0 heterocycles. The van der Waals surface area contributed by atoms with E-state index >= 15 is 0 Å². The zero-order valence-corrected chi connectivity index (χ0v) is 9.49. The molecule has 0 aliphatic rings. The molecule has 0 aliphatic heterocycles. The normalized spacial score (nSPS) is 10.9. The van der Waals surface area contributed by atoms with E-state index in [1.165, 1.54) is 0 Å². The molecule has 0 amide bonds. The lowest BCUT2D eigenvalue weighted by Crippen LogP contribution is -2.13. The van der Waals surface area contributed by atoms with Crippen molar-refractivity contribution in [3.05, 3.63) is 29.8 Å². The first-order chi connectivity index (χ1) is 7.22. The lowest BCUT2D eigenvalue weighted by molar-refractivity contribution is 0.252. The molecule has 1 N–H and O–H groups in total. The van der Waals surface area contributed by atoms with Crippen LogP contribution in [0.25, 0.3) is 0 Å². The van der Waals surface area contributed by atoms with Gasteiger partial charge in [-0.1, -0.05) is 30.8 Å². The summed E-state index contributed by atoms with van der Waals surface area (Å²) < 4.78 is 24.2. The molecule has 0 atom stereocenters. The van der Waals surface area contributed by atoms with Crippen LogP contribution in [0.2, 0.25) is 0 Å². The van der Waals surface area contributed by atoms with Gasteiger partial charge in [-0.05, 0) is 30.7 Å². The van der Waals surface area contributed by atoms with E-state index < -0.39 is 5.76 Å². The van der Waals surface area contributed by atoms with Gasteiger partial charge in [0, 0.05) is 11.4 Å². The Morgan fingerprint density at radius 2 is 2.20 bits per heavy atom. The van der Waals surface area contributed by atoms with Gasteiger partial charge < -0.3 is 5.32 Å². The van der Waals surface area contributed by atoms with Gasteiger partial charge in [0.25, 0.3) is 5.76 Å². The van der Waals surface area contributed by atoms with Gasteiger partial charge in [0.15, 0.2) is 0 Å². The summed E-state index contributed by atoms with van der Waals surface area (Å²) in [4.78, 5) is 0.626. The zero-order chi connectivity index (χ0) is 11.1. The van der Waals surface area contributed by atoms with Crippen molar-refractivity contribution in [2.75, 3.05) is 6.54 Å². The predicted molar refractivity (Wildman–Crippen MR) is 60.3 cm³/mol. The number of benzene rings is 1. The van der Waals surface area contributed by atoms with Gasteiger partial charge in [-0.25, -0.2) is 0 Å². The SMILES string of the molecule is CCCNCc1cccc(SC(F)F)c1. The van der Waals surface area contributed by atoms with Crippen LogP contribution in [0.1, 0.15) is 18.9 Å². The molecule has 0 spiro atoms. The van der Waals surface area contributed by atoms with Crippen LogP contribution < -0.4 is 5.32 Å². The summed E-state index contributed by atoms with van der Waals surface area (Å²) in [7, 11) is 0. The first-order valence-electron chi connectivity index (χ1n) is 4.97. The number of halogens is 2. The summed E-state index contributed by atoms with van der Waals surface area (Å²) in [5, 5.41) is 3.24. The number of hydrogen-bond acceptors (Lipinski definition) is 2. The third-order valence-corrected chi connectivity index (χ3v) is 2.58. The largest absolute Gasteiger partial charge is 0.313 e. The van der Waals surface area contributed by atoms with Gasteiger partial charge in [0.2, 0.25) is 0 Å². The first kappa shape index (κ1) is 12.5. The lowest BCUT2D eigenvalue weighted by atomic mass is 10.2. The van der Waals surface area contributed by atoms with Crippen LogP contribution in [0.15, 0.2) is 29.2 Å². The Labute approximate surface area is 93.3 Å². The summed E-state index contributed by atoms with van der Waals surface area (Å²) in [5.74, 6) is -2.34. The van der Waals surface area contributed by atoms with Crippen molar-refractivity contribution in [3.63, 3.8) is 0 Å². The predicted octanol–water partition coefficient (Wildman–Crippen LogP) is 3.50. The van der Waals surface area contributed by atoms with E-state index in [-0.39, 0.29) is 0 Å². The molecular formula is C11H15F2NS. The number of nitrogens with one attached hydrogen (secondary N) is 1. The second-order valence-corrected chi connectivity index (χ2v) is 4.27. The Kier molecular flexibility index (Phi) is 5.65. The van der Waals surface area contributed by atoms with E-state index in [2.05, 4.69) is 12.2 Å². The van der Waals surface area contributed by atoms with Gasteiger partial charge >= 0.3 is 0 Å². The van der Waals surface area contributed by atoms with Crippen molar-refractivity contribution in [1.29, 1.82) is 0 Å². The molecule has 0 radical (unpaired) electrons. The Morgan fingerprint density at radius 1 is 1.40 bits per heavy atom. The van der Waals surface area contributed by atoms with Gasteiger partial charge in [0.05, 0.1) is 0 Å². The van der Waals surface area contributed by atoms with E-state index in [1.807, 2.05) is 12.1 Å². The van der Waals surface area contributed by atoms with Crippen LogP contribution in [0, 0.1) is 0 Å².